The van der Waals surface area contributed by atoms with Crippen LogP contribution in [0.3, 0.4) is 0 Å². The number of carbonyl (C=O) groups is 2. The van der Waals surface area contributed by atoms with Crippen molar-refractivity contribution in [1.82, 2.24) is 15.5 Å². The molecule has 10 heteroatoms. The van der Waals surface area contributed by atoms with Gasteiger partial charge in [0, 0.05) is 48.8 Å². The smallest absolute Gasteiger partial charge is 0.381 e. The average Bonchev–Trinajstić information content (AvgIpc) is 3.44. The van der Waals surface area contributed by atoms with Crippen LogP contribution in [0.1, 0.15) is 49.3 Å². The minimum Gasteiger partial charge on any atom is -0.381 e. The van der Waals surface area contributed by atoms with E-state index in [-0.39, 0.29) is 24.4 Å². The van der Waals surface area contributed by atoms with Crippen LogP contribution < -0.4 is 16.0 Å². The average molecular weight is 533 g/mol. The Morgan fingerprint density at radius 3 is 2.61 bits per heavy atom. The van der Waals surface area contributed by atoms with Crippen LogP contribution in [0, 0.1) is 11.8 Å². The summed E-state index contributed by atoms with van der Waals surface area (Å²) in [5.41, 5.74) is 0.432. The number of rotatable bonds is 6. The third kappa shape index (κ3) is 6.07. The number of fused-ring (bicyclic) bond motifs is 3. The Morgan fingerprint density at radius 1 is 1.08 bits per heavy atom. The monoisotopic (exact) mass is 532 g/mol. The van der Waals surface area contributed by atoms with E-state index in [2.05, 4.69) is 33.0 Å². The zero-order valence-corrected chi connectivity index (χ0v) is 21.3. The van der Waals surface area contributed by atoms with Crippen LogP contribution in [-0.4, -0.2) is 61.6 Å². The molecule has 2 saturated heterocycles. The highest BCUT2D eigenvalue weighted by molar-refractivity contribution is 6.35. The lowest BCUT2D eigenvalue weighted by Gasteiger charge is -2.47. The number of alkyl halides is 3. The maximum Gasteiger partial charge on any atom is 0.416 e. The Kier molecular flexibility index (Phi) is 8.09. The quantitative estimate of drug-likeness (QED) is 0.486. The first-order chi connectivity index (χ1) is 18.3. The van der Waals surface area contributed by atoms with Crippen LogP contribution in [-0.2, 0) is 20.5 Å². The van der Waals surface area contributed by atoms with Crippen molar-refractivity contribution in [3.8, 4) is 0 Å². The number of anilines is 1. The van der Waals surface area contributed by atoms with Gasteiger partial charge in [-0.05, 0) is 63.4 Å². The molecule has 1 aromatic rings. The Bertz CT molecular complexity index is 1080. The van der Waals surface area contributed by atoms with E-state index in [1.165, 1.54) is 12.1 Å². The molecule has 0 radical (unpaired) electrons. The highest BCUT2D eigenvalue weighted by Crippen LogP contribution is 2.49. The van der Waals surface area contributed by atoms with E-state index in [9.17, 15) is 22.8 Å². The first kappa shape index (κ1) is 26.7. The van der Waals surface area contributed by atoms with Crippen molar-refractivity contribution in [2.75, 3.05) is 38.0 Å². The molecule has 0 aromatic heterocycles. The molecule has 4 aliphatic rings. The molecule has 7 nitrogen and oxygen atoms in total. The summed E-state index contributed by atoms with van der Waals surface area (Å²) >= 11 is 0. The van der Waals surface area contributed by atoms with Crippen molar-refractivity contribution in [1.29, 1.82) is 0 Å². The topological polar surface area (TPSA) is 82.7 Å². The van der Waals surface area contributed by atoms with Crippen molar-refractivity contribution in [2.45, 2.75) is 56.5 Å². The number of allylic oxidation sites excluding steroid dienone is 3. The molecule has 0 spiro atoms. The first-order valence-corrected chi connectivity index (χ1v) is 13.5. The number of benzene rings is 1. The molecule has 0 saturated carbocycles. The molecule has 5 atom stereocenters. The van der Waals surface area contributed by atoms with Crippen LogP contribution >= 0.6 is 0 Å². The molecular weight excluding hydrogens is 497 g/mol. The van der Waals surface area contributed by atoms with Gasteiger partial charge in [-0.2, -0.15) is 13.2 Å². The van der Waals surface area contributed by atoms with Crippen LogP contribution in [0.2, 0.25) is 0 Å². The number of halogens is 3. The Hall–Kier alpha value is -2.85. The third-order valence-corrected chi connectivity index (χ3v) is 8.10. The number of ether oxygens (including phenoxy) is 1. The van der Waals surface area contributed by atoms with Crippen molar-refractivity contribution in [3.63, 3.8) is 0 Å². The van der Waals surface area contributed by atoms with Crippen molar-refractivity contribution in [3.05, 3.63) is 53.6 Å². The zero-order valence-electron chi connectivity index (χ0n) is 21.3. The van der Waals surface area contributed by atoms with E-state index >= 15 is 0 Å². The van der Waals surface area contributed by atoms with Crippen molar-refractivity contribution < 1.29 is 27.5 Å². The minimum atomic E-state index is -4.46. The predicted octanol–water partition coefficient (Wildman–Crippen LogP) is 3.80. The maximum absolute atomic E-state index is 13.5. The summed E-state index contributed by atoms with van der Waals surface area (Å²) in [4.78, 5) is 26.8. The van der Waals surface area contributed by atoms with Gasteiger partial charge in [-0.1, -0.05) is 24.3 Å². The van der Waals surface area contributed by atoms with E-state index in [0.717, 1.165) is 44.8 Å². The molecular formula is C28H35F3N4O3. The standard InChI is InChI=1S/C28H35F3N4O3/c29-28(30,31)19-8-11-23-22(16-19)25-21(24(34-23)18-6-2-1-3-7-18)10-9-20(38-25)17-33-27(37)26(36)32-12-15-35-13-4-5-14-35/h1-3,6,8,11,16,18,20-21,24-25,34H,4-5,7,9-10,12-15,17H2,(H,32,36)(H,33,37)/t18?,20-,21+,24+,25+/m1/s1. The predicted molar refractivity (Wildman–Crippen MR) is 137 cm³/mol. The fraction of sp³-hybridized carbons (Fsp3) is 0.571. The normalized spacial score (nSPS) is 28.8. The summed E-state index contributed by atoms with van der Waals surface area (Å²) in [6, 6.07) is 3.79. The van der Waals surface area contributed by atoms with Crippen LogP contribution in [0.5, 0.6) is 0 Å². The lowest BCUT2D eigenvalue weighted by molar-refractivity contribution is -0.140. The molecule has 2 fully saturated rings. The molecule has 3 aliphatic heterocycles. The van der Waals surface area contributed by atoms with E-state index in [1.54, 1.807) is 0 Å². The number of hydrogen-bond acceptors (Lipinski definition) is 5. The van der Waals surface area contributed by atoms with E-state index in [1.807, 2.05) is 12.2 Å². The summed E-state index contributed by atoms with van der Waals surface area (Å²) < 4.78 is 46.9. The second kappa shape index (κ2) is 11.5. The van der Waals surface area contributed by atoms with Gasteiger partial charge in [-0.25, -0.2) is 0 Å². The third-order valence-electron chi connectivity index (χ3n) is 8.10. The van der Waals surface area contributed by atoms with E-state index in [0.29, 0.717) is 30.8 Å². The summed E-state index contributed by atoms with van der Waals surface area (Å²) in [7, 11) is 0. The maximum atomic E-state index is 13.5. The number of amides is 2. The Labute approximate surface area is 220 Å². The lowest BCUT2D eigenvalue weighted by Crippen LogP contribution is -2.49. The molecule has 1 unspecified atom stereocenters. The molecule has 1 aliphatic carbocycles. The SMILES string of the molecule is O=C(NCCN1CCCC1)C(=O)NC[C@H]1CC[C@@H]2[C@H](O1)c1cc(C(F)(F)F)ccc1N[C@H]2C1C=CC=CC1. The van der Waals surface area contributed by atoms with E-state index in [4.69, 9.17) is 4.74 Å². The van der Waals surface area contributed by atoms with E-state index < -0.39 is 35.8 Å². The molecule has 1 aromatic carbocycles. The fourth-order valence-electron chi connectivity index (χ4n) is 6.11. The van der Waals surface area contributed by atoms with Gasteiger partial charge < -0.3 is 25.6 Å². The highest BCUT2D eigenvalue weighted by Gasteiger charge is 2.45. The van der Waals surface area contributed by atoms with Gasteiger partial charge in [0.15, 0.2) is 0 Å². The molecule has 3 N–H and O–H groups in total. The minimum absolute atomic E-state index is 0.0161. The van der Waals surface area contributed by atoms with Crippen molar-refractivity contribution in [2.24, 2.45) is 11.8 Å². The summed E-state index contributed by atoms with van der Waals surface area (Å²) in [6.07, 6.45) is 7.37. The number of hydrogen-bond donors (Lipinski definition) is 3. The summed E-state index contributed by atoms with van der Waals surface area (Å²) in [6.45, 7) is 3.28. The number of likely N-dealkylation sites (tertiary alicyclic amines) is 1. The summed E-state index contributed by atoms with van der Waals surface area (Å²) in [5.74, 6) is -1.23. The highest BCUT2D eigenvalue weighted by atomic mass is 19.4. The molecule has 0 bridgehead atoms. The summed E-state index contributed by atoms with van der Waals surface area (Å²) in [5, 5.41) is 8.82. The Morgan fingerprint density at radius 2 is 1.87 bits per heavy atom. The van der Waals surface area contributed by atoms with Gasteiger partial charge in [0.25, 0.3) is 0 Å². The van der Waals surface area contributed by atoms with Gasteiger partial charge in [-0.15, -0.1) is 0 Å². The largest absolute Gasteiger partial charge is 0.416 e. The van der Waals surface area contributed by atoms with Gasteiger partial charge >= 0.3 is 18.0 Å². The molecule has 206 valence electrons. The number of nitrogens with zero attached hydrogens (tertiary/aromatic N) is 1. The molecule has 38 heavy (non-hydrogen) atoms. The zero-order chi connectivity index (χ0) is 26.7. The molecule has 5 rings (SSSR count). The van der Waals surface area contributed by atoms with Crippen molar-refractivity contribution >= 4 is 17.5 Å². The van der Waals surface area contributed by atoms with Crippen LogP contribution in [0.15, 0.2) is 42.5 Å². The lowest BCUT2D eigenvalue weighted by atomic mass is 9.73. The molecule has 2 amide bonds. The van der Waals surface area contributed by atoms with Gasteiger partial charge in [0.2, 0.25) is 0 Å². The van der Waals surface area contributed by atoms with Crippen LogP contribution in [0.25, 0.3) is 0 Å². The fourth-order valence-corrected chi connectivity index (χ4v) is 6.11. The number of nitrogens with one attached hydrogen (secondary N) is 3. The van der Waals surface area contributed by atoms with Gasteiger partial charge in [0.1, 0.15) is 0 Å². The molecule has 3 heterocycles. The van der Waals surface area contributed by atoms with Gasteiger partial charge in [0.05, 0.1) is 17.8 Å². The first-order valence-electron chi connectivity index (χ1n) is 13.5. The Balaban J connectivity index is 1.23. The second-order valence-electron chi connectivity index (χ2n) is 10.6. The van der Waals surface area contributed by atoms with Gasteiger partial charge in [-0.3, -0.25) is 9.59 Å². The number of carbonyl (C=O) groups excluding carboxylic acids is 2. The van der Waals surface area contributed by atoms with Crippen LogP contribution in [0.4, 0.5) is 18.9 Å². The second-order valence-corrected chi connectivity index (χ2v) is 10.6.